The summed E-state index contributed by atoms with van der Waals surface area (Å²) in [5, 5.41) is 9.49. The molecule has 0 saturated heterocycles. The Kier molecular flexibility index (Phi) is 3.57. The van der Waals surface area contributed by atoms with Crippen molar-refractivity contribution < 1.29 is 14.6 Å². The number of phenolic OH excluding ortho intramolecular Hbond substituents is 1. The summed E-state index contributed by atoms with van der Waals surface area (Å²) in [5.41, 5.74) is 6.73. The quantitative estimate of drug-likeness (QED) is 0.641. The van der Waals surface area contributed by atoms with Crippen molar-refractivity contribution in [2.45, 2.75) is 6.61 Å². The third-order valence-electron chi connectivity index (χ3n) is 2.56. The summed E-state index contributed by atoms with van der Waals surface area (Å²) in [6.45, 7) is 0.341. The maximum atomic E-state index is 9.49. The highest BCUT2D eigenvalue weighted by molar-refractivity contribution is 5.52. The number of rotatable bonds is 4. The Morgan fingerprint density at radius 2 is 1.83 bits per heavy atom. The topological polar surface area (TPSA) is 64.7 Å². The first-order valence-corrected chi connectivity index (χ1v) is 5.54. The number of nitrogens with two attached hydrogens (primary N) is 1. The third-order valence-corrected chi connectivity index (χ3v) is 2.56. The molecule has 0 atom stereocenters. The number of anilines is 1. The van der Waals surface area contributed by atoms with Crippen molar-refractivity contribution >= 4 is 5.69 Å². The first-order valence-electron chi connectivity index (χ1n) is 5.54. The second kappa shape index (κ2) is 5.31. The second-order valence-electron chi connectivity index (χ2n) is 3.83. The van der Waals surface area contributed by atoms with E-state index >= 15 is 0 Å². The van der Waals surface area contributed by atoms with Crippen LogP contribution in [0.3, 0.4) is 0 Å². The van der Waals surface area contributed by atoms with E-state index < -0.39 is 0 Å². The van der Waals surface area contributed by atoms with Crippen molar-refractivity contribution in [2.75, 3.05) is 12.8 Å². The van der Waals surface area contributed by atoms with E-state index in [0.717, 1.165) is 5.56 Å². The van der Waals surface area contributed by atoms with Crippen LogP contribution in [0.2, 0.25) is 0 Å². The van der Waals surface area contributed by atoms with E-state index in [-0.39, 0.29) is 5.75 Å². The zero-order valence-corrected chi connectivity index (χ0v) is 10.1. The van der Waals surface area contributed by atoms with E-state index in [1.54, 1.807) is 19.2 Å². The number of phenols is 1. The van der Waals surface area contributed by atoms with Gasteiger partial charge in [0.1, 0.15) is 12.4 Å². The number of para-hydroxylation sites is 2. The molecule has 0 aliphatic heterocycles. The lowest BCUT2D eigenvalue weighted by atomic mass is 10.2. The summed E-state index contributed by atoms with van der Waals surface area (Å²) in [7, 11) is 1.59. The van der Waals surface area contributed by atoms with Gasteiger partial charge in [-0.2, -0.15) is 0 Å². The SMILES string of the molecule is COc1ccccc1OCc1ccc(N)c(O)c1. The molecule has 0 unspecified atom stereocenters. The minimum atomic E-state index is 0.0659. The highest BCUT2D eigenvalue weighted by Gasteiger charge is 2.04. The van der Waals surface area contributed by atoms with E-state index in [2.05, 4.69) is 0 Å². The van der Waals surface area contributed by atoms with Crippen LogP contribution in [0.5, 0.6) is 17.2 Å². The van der Waals surface area contributed by atoms with Crippen molar-refractivity contribution in [3.63, 3.8) is 0 Å². The van der Waals surface area contributed by atoms with Crippen LogP contribution in [0.25, 0.3) is 0 Å². The minimum absolute atomic E-state index is 0.0659. The van der Waals surface area contributed by atoms with Crippen LogP contribution in [-0.4, -0.2) is 12.2 Å². The molecule has 0 aromatic heterocycles. The van der Waals surface area contributed by atoms with Crippen LogP contribution >= 0.6 is 0 Å². The highest BCUT2D eigenvalue weighted by Crippen LogP contribution is 2.27. The molecule has 0 radical (unpaired) electrons. The largest absolute Gasteiger partial charge is 0.506 e. The van der Waals surface area contributed by atoms with Crippen LogP contribution in [0, 0.1) is 0 Å². The van der Waals surface area contributed by atoms with E-state index in [1.807, 2.05) is 30.3 Å². The Morgan fingerprint density at radius 1 is 1.11 bits per heavy atom. The molecule has 0 bridgehead atoms. The van der Waals surface area contributed by atoms with Gasteiger partial charge in [0.2, 0.25) is 0 Å². The Morgan fingerprint density at radius 3 is 2.50 bits per heavy atom. The normalized spacial score (nSPS) is 10.1. The Hall–Kier alpha value is -2.36. The molecule has 0 heterocycles. The molecule has 2 rings (SSSR count). The van der Waals surface area contributed by atoms with Crippen molar-refractivity contribution in [3.8, 4) is 17.2 Å². The smallest absolute Gasteiger partial charge is 0.161 e. The number of benzene rings is 2. The molecule has 2 aromatic carbocycles. The summed E-state index contributed by atoms with van der Waals surface area (Å²) in [6, 6.07) is 12.5. The summed E-state index contributed by atoms with van der Waals surface area (Å²) in [4.78, 5) is 0. The Balaban J connectivity index is 2.09. The van der Waals surface area contributed by atoms with Crippen LogP contribution in [0.4, 0.5) is 5.69 Å². The van der Waals surface area contributed by atoms with Gasteiger partial charge in [-0.3, -0.25) is 0 Å². The molecule has 0 spiro atoms. The van der Waals surface area contributed by atoms with Crippen molar-refractivity contribution in [1.82, 2.24) is 0 Å². The number of aromatic hydroxyl groups is 1. The highest BCUT2D eigenvalue weighted by atomic mass is 16.5. The van der Waals surface area contributed by atoms with Gasteiger partial charge in [0, 0.05) is 0 Å². The second-order valence-corrected chi connectivity index (χ2v) is 3.83. The minimum Gasteiger partial charge on any atom is -0.506 e. The first-order chi connectivity index (χ1) is 8.70. The van der Waals surface area contributed by atoms with Gasteiger partial charge in [-0.1, -0.05) is 18.2 Å². The zero-order valence-electron chi connectivity index (χ0n) is 10.1. The van der Waals surface area contributed by atoms with Gasteiger partial charge in [0.15, 0.2) is 11.5 Å². The third kappa shape index (κ3) is 2.66. The predicted octanol–water partition coefficient (Wildman–Crippen LogP) is 2.56. The molecule has 0 fully saturated rings. The van der Waals surface area contributed by atoms with Gasteiger partial charge < -0.3 is 20.3 Å². The van der Waals surface area contributed by atoms with Gasteiger partial charge in [-0.05, 0) is 29.8 Å². The zero-order chi connectivity index (χ0) is 13.0. The summed E-state index contributed by atoms with van der Waals surface area (Å²) < 4.78 is 10.8. The van der Waals surface area contributed by atoms with Gasteiger partial charge in [-0.25, -0.2) is 0 Å². The maximum Gasteiger partial charge on any atom is 0.161 e. The monoisotopic (exact) mass is 245 g/mol. The van der Waals surface area contributed by atoms with Crippen molar-refractivity contribution in [2.24, 2.45) is 0 Å². The molecule has 0 amide bonds. The summed E-state index contributed by atoms with van der Waals surface area (Å²) >= 11 is 0. The lowest BCUT2D eigenvalue weighted by molar-refractivity contribution is 0.284. The van der Waals surface area contributed by atoms with Crippen LogP contribution in [-0.2, 0) is 6.61 Å². The molecule has 94 valence electrons. The molecule has 4 heteroatoms. The van der Waals surface area contributed by atoms with Crippen LogP contribution in [0.1, 0.15) is 5.56 Å². The number of hydrogen-bond donors (Lipinski definition) is 2. The van der Waals surface area contributed by atoms with Gasteiger partial charge in [0.05, 0.1) is 12.8 Å². The number of ether oxygens (including phenoxy) is 2. The average molecular weight is 245 g/mol. The number of hydrogen-bond acceptors (Lipinski definition) is 4. The molecule has 18 heavy (non-hydrogen) atoms. The molecule has 4 nitrogen and oxygen atoms in total. The fourth-order valence-electron chi connectivity index (χ4n) is 1.58. The van der Waals surface area contributed by atoms with Crippen LogP contribution in [0.15, 0.2) is 42.5 Å². The van der Waals surface area contributed by atoms with Crippen LogP contribution < -0.4 is 15.2 Å². The van der Waals surface area contributed by atoms with E-state index in [1.165, 1.54) is 0 Å². The van der Waals surface area contributed by atoms with E-state index in [9.17, 15) is 5.11 Å². The number of methoxy groups -OCH3 is 1. The lowest BCUT2D eigenvalue weighted by Crippen LogP contribution is -1.98. The molecule has 0 aliphatic rings. The molecule has 0 saturated carbocycles. The fraction of sp³-hybridized carbons (Fsp3) is 0.143. The predicted molar refractivity (Wildman–Crippen MR) is 69.8 cm³/mol. The Bertz CT molecular complexity index is 540. The Labute approximate surface area is 106 Å². The fourth-order valence-corrected chi connectivity index (χ4v) is 1.58. The standard InChI is InChI=1S/C14H15NO3/c1-17-13-4-2-3-5-14(13)18-9-10-6-7-11(15)12(16)8-10/h2-8,16H,9,15H2,1H3. The van der Waals surface area contributed by atoms with Crippen molar-refractivity contribution in [3.05, 3.63) is 48.0 Å². The first kappa shape index (κ1) is 12.1. The molecular weight excluding hydrogens is 230 g/mol. The van der Waals surface area contributed by atoms with E-state index in [4.69, 9.17) is 15.2 Å². The lowest BCUT2D eigenvalue weighted by Gasteiger charge is -2.10. The van der Waals surface area contributed by atoms with Gasteiger partial charge >= 0.3 is 0 Å². The molecule has 0 aliphatic carbocycles. The molecule has 2 aromatic rings. The number of nitrogen functional groups attached to an aromatic ring is 1. The molecule has 3 N–H and O–H groups in total. The maximum absolute atomic E-state index is 9.49. The summed E-state index contributed by atoms with van der Waals surface area (Å²) in [5.74, 6) is 1.41. The van der Waals surface area contributed by atoms with Crippen molar-refractivity contribution in [1.29, 1.82) is 0 Å². The summed E-state index contributed by atoms with van der Waals surface area (Å²) in [6.07, 6.45) is 0. The van der Waals surface area contributed by atoms with Gasteiger partial charge in [0.25, 0.3) is 0 Å². The molecular formula is C14H15NO3. The van der Waals surface area contributed by atoms with E-state index in [0.29, 0.717) is 23.8 Å². The van der Waals surface area contributed by atoms with Gasteiger partial charge in [-0.15, -0.1) is 0 Å². The average Bonchev–Trinajstić information content (AvgIpc) is 2.40.